The molecule has 106 valence electrons. The minimum absolute atomic E-state index is 0.130. The van der Waals surface area contributed by atoms with Crippen molar-refractivity contribution in [1.29, 1.82) is 0 Å². The van der Waals surface area contributed by atoms with E-state index in [0.717, 1.165) is 10.2 Å². The first kappa shape index (κ1) is 14.9. The molecule has 0 saturated carbocycles. The normalized spacial score (nSPS) is 10.3. The largest absolute Gasteiger partial charge is 0.492 e. The Hall–Kier alpha value is -1.53. The van der Waals surface area contributed by atoms with E-state index in [1.54, 1.807) is 7.05 Å². The molecule has 0 spiro atoms. The van der Waals surface area contributed by atoms with Crippen LogP contribution >= 0.6 is 27.5 Å². The van der Waals surface area contributed by atoms with Gasteiger partial charge in [0.25, 0.3) is 5.56 Å². The third-order valence-electron chi connectivity index (χ3n) is 2.56. The lowest BCUT2D eigenvalue weighted by Gasteiger charge is -2.10. The molecular formula is C13H13BrClN3O2. The Morgan fingerprint density at radius 3 is 3.05 bits per heavy atom. The number of aryl methyl sites for hydroxylation is 1. The fourth-order valence-corrected chi connectivity index (χ4v) is 2.16. The van der Waals surface area contributed by atoms with Crippen molar-refractivity contribution in [1.82, 2.24) is 9.78 Å². The van der Waals surface area contributed by atoms with Crippen LogP contribution in [-0.4, -0.2) is 22.9 Å². The summed E-state index contributed by atoms with van der Waals surface area (Å²) in [4.78, 5) is 11.6. The third kappa shape index (κ3) is 3.74. The Bertz CT molecular complexity index is 660. The van der Waals surface area contributed by atoms with Gasteiger partial charge in [0.15, 0.2) is 0 Å². The molecule has 2 aromatic rings. The molecule has 1 aromatic carbocycles. The summed E-state index contributed by atoms with van der Waals surface area (Å²) in [6.45, 7) is 0.961. The molecule has 0 unspecified atom stereocenters. The molecule has 0 fully saturated rings. The summed E-state index contributed by atoms with van der Waals surface area (Å²) in [6.07, 6.45) is 1.52. The van der Waals surface area contributed by atoms with Gasteiger partial charge in [-0.3, -0.25) is 4.79 Å². The molecule has 0 aliphatic rings. The summed E-state index contributed by atoms with van der Waals surface area (Å²) < 4.78 is 7.71. The number of rotatable bonds is 5. The van der Waals surface area contributed by atoms with E-state index in [1.165, 1.54) is 10.9 Å². The van der Waals surface area contributed by atoms with Crippen LogP contribution in [0.5, 0.6) is 5.75 Å². The van der Waals surface area contributed by atoms with Crippen LogP contribution in [0.1, 0.15) is 0 Å². The van der Waals surface area contributed by atoms with Crippen LogP contribution in [0.4, 0.5) is 5.69 Å². The van der Waals surface area contributed by atoms with Crippen LogP contribution in [0, 0.1) is 0 Å². The van der Waals surface area contributed by atoms with Crippen molar-refractivity contribution in [2.75, 3.05) is 18.5 Å². The highest BCUT2D eigenvalue weighted by molar-refractivity contribution is 9.10. The highest BCUT2D eigenvalue weighted by atomic mass is 79.9. The van der Waals surface area contributed by atoms with Crippen LogP contribution < -0.4 is 15.6 Å². The molecule has 1 heterocycles. The molecule has 0 bridgehead atoms. The van der Waals surface area contributed by atoms with E-state index in [4.69, 9.17) is 16.3 Å². The van der Waals surface area contributed by atoms with Gasteiger partial charge in [0.1, 0.15) is 17.4 Å². The second-order valence-corrected chi connectivity index (χ2v) is 5.33. The zero-order valence-corrected chi connectivity index (χ0v) is 13.1. The second kappa shape index (κ2) is 6.76. The molecule has 0 atom stereocenters. The molecule has 0 aliphatic carbocycles. The Morgan fingerprint density at radius 2 is 2.30 bits per heavy atom. The lowest BCUT2D eigenvalue weighted by Crippen LogP contribution is -2.22. The van der Waals surface area contributed by atoms with E-state index < -0.39 is 0 Å². The molecule has 1 N–H and O–H groups in total. The number of benzene rings is 1. The van der Waals surface area contributed by atoms with Gasteiger partial charge < -0.3 is 10.1 Å². The van der Waals surface area contributed by atoms with E-state index in [9.17, 15) is 4.79 Å². The van der Waals surface area contributed by atoms with Crippen LogP contribution in [-0.2, 0) is 7.05 Å². The highest BCUT2D eigenvalue weighted by Crippen LogP contribution is 2.18. The molecule has 5 nitrogen and oxygen atoms in total. The second-order valence-electron chi connectivity index (χ2n) is 4.03. The fraction of sp³-hybridized carbons (Fsp3) is 0.231. The predicted molar refractivity (Wildman–Crippen MR) is 82.6 cm³/mol. The monoisotopic (exact) mass is 357 g/mol. The Kier molecular flexibility index (Phi) is 5.03. The molecule has 20 heavy (non-hydrogen) atoms. The minimum Gasteiger partial charge on any atom is -0.492 e. The molecule has 7 heteroatoms. The number of anilines is 1. The van der Waals surface area contributed by atoms with Gasteiger partial charge in [-0.15, -0.1) is 0 Å². The van der Waals surface area contributed by atoms with Gasteiger partial charge in [-0.2, -0.15) is 5.10 Å². The zero-order valence-electron chi connectivity index (χ0n) is 10.8. The topological polar surface area (TPSA) is 56.1 Å². The first-order valence-electron chi connectivity index (χ1n) is 5.92. The Balaban J connectivity index is 1.88. The number of nitrogens with one attached hydrogen (secondary N) is 1. The molecule has 0 aliphatic heterocycles. The zero-order chi connectivity index (χ0) is 14.5. The van der Waals surface area contributed by atoms with Crippen molar-refractivity contribution in [3.63, 3.8) is 0 Å². The number of halogens is 2. The number of hydrogen-bond donors (Lipinski definition) is 1. The van der Waals surface area contributed by atoms with Gasteiger partial charge in [0.05, 0.1) is 11.9 Å². The maximum Gasteiger partial charge on any atom is 0.287 e. The Labute approximate surface area is 129 Å². The van der Waals surface area contributed by atoms with Crippen LogP contribution in [0.25, 0.3) is 0 Å². The first-order valence-corrected chi connectivity index (χ1v) is 7.09. The van der Waals surface area contributed by atoms with Crippen LogP contribution in [0.15, 0.2) is 39.7 Å². The number of ether oxygens (including phenoxy) is 1. The van der Waals surface area contributed by atoms with Gasteiger partial charge in [0.2, 0.25) is 0 Å². The molecule has 2 rings (SSSR count). The molecule has 0 radical (unpaired) electrons. The quantitative estimate of drug-likeness (QED) is 0.835. The number of aromatic nitrogens is 2. The van der Waals surface area contributed by atoms with E-state index in [0.29, 0.717) is 18.8 Å². The van der Waals surface area contributed by atoms with E-state index in [2.05, 4.69) is 26.3 Å². The summed E-state index contributed by atoms with van der Waals surface area (Å²) in [5.41, 5.74) is 0.178. The summed E-state index contributed by atoms with van der Waals surface area (Å²) >= 11 is 9.31. The lowest BCUT2D eigenvalue weighted by molar-refractivity contribution is 0.332. The maximum absolute atomic E-state index is 11.6. The van der Waals surface area contributed by atoms with Crippen molar-refractivity contribution in [2.45, 2.75) is 0 Å². The van der Waals surface area contributed by atoms with Gasteiger partial charge in [0, 0.05) is 18.1 Å². The first-order chi connectivity index (χ1) is 9.58. The maximum atomic E-state index is 11.6. The van der Waals surface area contributed by atoms with Crippen LogP contribution in [0.2, 0.25) is 5.02 Å². The van der Waals surface area contributed by atoms with Crippen molar-refractivity contribution in [3.05, 3.63) is 50.3 Å². The molecule has 1 aromatic heterocycles. The van der Waals surface area contributed by atoms with Gasteiger partial charge in [-0.1, -0.05) is 33.6 Å². The number of hydrogen-bond acceptors (Lipinski definition) is 4. The van der Waals surface area contributed by atoms with E-state index in [-0.39, 0.29) is 10.6 Å². The molecule has 0 saturated heterocycles. The van der Waals surface area contributed by atoms with Crippen LogP contribution in [0.3, 0.4) is 0 Å². The summed E-state index contributed by atoms with van der Waals surface area (Å²) in [5, 5.41) is 7.05. The predicted octanol–water partition coefficient (Wildman–Crippen LogP) is 2.69. The minimum atomic E-state index is -0.329. The van der Waals surface area contributed by atoms with Gasteiger partial charge >= 0.3 is 0 Å². The van der Waals surface area contributed by atoms with Crippen molar-refractivity contribution in [2.24, 2.45) is 7.05 Å². The number of nitrogens with zero attached hydrogens (tertiary/aromatic N) is 2. The summed E-state index contributed by atoms with van der Waals surface area (Å²) in [5.74, 6) is 0.773. The fourth-order valence-electron chi connectivity index (χ4n) is 1.55. The lowest BCUT2D eigenvalue weighted by atomic mass is 10.3. The van der Waals surface area contributed by atoms with Crippen molar-refractivity contribution in [3.8, 4) is 5.75 Å². The SMILES string of the molecule is Cn1ncc(NCCOc2cccc(Br)c2)c(Cl)c1=O. The summed E-state index contributed by atoms with van der Waals surface area (Å²) in [6, 6.07) is 7.58. The van der Waals surface area contributed by atoms with Crippen molar-refractivity contribution >= 4 is 33.2 Å². The average molecular weight is 359 g/mol. The standard InChI is InChI=1S/C13H13BrClN3O2/c1-18-13(19)12(15)11(8-17-18)16-5-6-20-10-4-2-3-9(14)7-10/h2-4,7-8,16H,5-6H2,1H3. The third-order valence-corrected chi connectivity index (χ3v) is 3.42. The molecular weight excluding hydrogens is 346 g/mol. The molecule has 0 amide bonds. The van der Waals surface area contributed by atoms with E-state index >= 15 is 0 Å². The van der Waals surface area contributed by atoms with Gasteiger partial charge in [-0.25, -0.2) is 4.68 Å². The highest BCUT2D eigenvalue weighted by Gasteiger charge is 2.06. The smallest absolute Gasteiger partial charge is 0.287 e. The summed E-state index contributed by atoms with van der Waals surface area (Å²) in [7, 11) is 1.55. The van der Waals surface area contributed by atoms with Gasteiger partial charge in [-0.05, 0) is 18.2 Å². The van der Waals surface area contributed by atoms with Crippen molar-refractivity contribution < 1.29 is 4.74 Å². The van der Waals surface area contributed by atoms with E-state index in [1.807, 2.05) is 24.3 Å². The Morgan fingerprint density at radius 1 is 1.50 bits per heavy atom. The average Bonchev–Trinajstić information content (AvgIpc) is 2.43.